The highest BCUT2D eigenvalue weighted by atomic mass is 16.2. The van der Waals surface area contributed by atoms with Crippen LogP contribution >= 0.6 is 0 Å². The Morgan fingerprint density at radius 3 is 2.52 bits per heavy atom. The monoisotopic (exact) mass is 345 g/mol. The molecule has 0 aliphatic heterocycles. The molecule has 0 unspecified atom stereocenters. The molecule has 0 spiro atoms. The summed E-state index contributed by atoms with van der Waals surface area (Å²) in [5.74, 6) is 0.0135. The van der Waals surface area contributed by atoms with Crippen molar-refractivity contribution in [3.8, 4) is 0 Å². The number of rotatable bonds is 11. The number of amides is 2. The predicted octanol–water partition coefficient (Wildman–Crippen LogP) is 2.25. The van der Waals surface area contributed by atoms with E-state index in [4.69, 9.17) is 0 Å². The first kappa shape index (κ1) is 19.4. The number of benzene rings is 1. The van der Waals surface area contributed by atoms with Crippen LogP contribution in [0, 0.1) is 0 Å². The van der Waals surface area contributed by atoms with Crippen LogP contribution in [0.2, 0.25) is 0 Å². The summed E-state index contributed by atoms with van der Waals surface area (Å²) in [6.45, 7) is 3.76. The fourth-order valence-electron chi connectivity index (χ4n) is 3.05. The third kappa shape index (κ3) is 6.16. The van der Waals surface area contributed by atoms with E-state index < -0.39 is 0 Å². The van der Waals surface area contributed by atoms with Gasteiger partial charge in [0.25, 0.3) is 0 Å². The molecule has 0 radical (unpaired) electrons. The lowest BCUT2D eigenvalue weighted by atomic mass is 10.0. The largest absolute Gasteiger partial charge is 0.359 e. The molecule has 0 heterocycles. The molecule has 0 atom stereocenters. The van der Waals surface area contributed by atoms with Gasteiger partial charge in [0, 0.05) is 32.0 Å². The van der Waals surface area contributed by atoms with Crippen molar-refractivity contribution in [1.82, 2.24) is 16.0 Å². The molecule has 2 amide bonds. The zero-order valence-electron chi connectivity index (χ0n) is 15.5. The summed E-state index contributed by atoms with van der Waals surface area (Å²) in [4.78, 5) is 22.8. The van der Waals surface area contributed by atoms with Gasteiger partial charge in [-0.1, -0.05) is 31.2 Å². The van der Waals surface area contributed by atoms with Gasteiger partial charge in [0.15, 0.2) is 0 Å². The Labute approximate surface area is 151 Å². The van der Waals surface area contributed by atoms with Crippen LogP contribution in [-0.2, 0) is 21.5 Å². The van der Waals surface area contributed by atoms with E-state index >= 15 is 0 Å². The van der Waals surface area contributed by atoms with E-state index in [0.29, 0.717) is 25.8 Å². The van der Waals surface area contributed by atoms with Crippen LogP contribution < -0.4 is 16.0 Å². The Hall–Kier alpha value is -1.88. The molecule has 1 aliphatic rings. The Bertz CT molecular complexity index is 582. The third-order valence-corrected chi connectivity index (χ3v) is 4.86. The highest BCUT2D eigenvalue weighted by Crippen LogP contribution is 2.45. The molecule has 3 N–H and O–H groups in total. The van der Waals surface area contributed by atoms with Crippen molar-refractivity contribution >= 4 is 11.8 Å². The molecule has 138 valence electrons. The normalized spacial score (nSPS) is 14.8. The van der Waals surface area contributed by atoms with E-state index in [1.807, 2.05) is 0 Å². The maximum absolute atomic E-state index is 11.7. The molecule has 5 nitrogen and oxygen atoms in total. The molecular weight excluding hydrogens is 314 g/mol. The number of aryl methyl sites for hydroxylation is 1. The van der Waals surface area contributed by atoms with Gasteiger partial charge in [0.05, 0.1) is 0 Å². The first-order valence-corrected chi connectivity index (χ1v) is 9.41. The Morgan fingerprint density at radius 2 is 1.84 bits per heavy atom. The lowest BCUT2D eigenvalue weighted by Crippen LogP contribution is -2.32. The molecule has 0 bridgehead atoms. The van der Waals surface area contributed by atoms with Crippen molar-refractivity contribution < 1.29 is 9.59 Å². The Balaban J connectivity index is 1.61. The lowest BCUT2D eigenvalue weighted by molar-refractivity contribution is -0.122. The molecule has 1 aromatic carbocycles. The maximum atomic E-state index is 11.7. The number of hydrogen-bond acceptors (Lipinski definition) is 3. The summed E-state index contributed by atoms with van der Waals surface area (Å²) < 4.78 is 0. The summed E-state index contributed by atoms with van der Waals surface area (Å²) in [5.41, 5.74) is 2.93. The van der Waals surface area contributed by atoms with Gasteiger partial charge in [-0.25, -0.2) is 0 Å². The van der Waals surface area contributed by atoms with Crippen LogP contribution in [0.15, 0.2) is 24.3 Å². The molecule has 2 rings (SSSR count). The predicted molar refractivity (Wildman–Crippen MR) is 100 cm³/mol. The lowest BCUT2D eigenvalue weighted by Gasteiger charge is -2.19. The highest BCUT2D eigenvalue weighted by Gasteiger charge is 2.43. The Kier molecular flexibility index (Phi) is 7.44. The molecular formula is C20H31N3O2. The maximum Gasteiger partial charge on any atom is 0.220 e. The van der Waals surface area contributed by atoms with Crippen LogP contribution in [0.5, 0.6) is 0 Å². The quantitative estimate of drug-likeness (QED) is 0.539. The second-order valence-electron chi connectivity index (χ2n) is 6.79. The van der Waals surface area contributed by atoms with E-state index in [0.717, 1.165) is 19.4 Å². The summed E-state index contributed by atoms with van der Waals surface area (Å²) in [7, 11) is 1.61. The minimum absolute atomic E-state index is 0.0149. The summed E-state index contributed by atoms with van der Waals surface area (Å²) in [6, 6.07) is 8.86. The number of nitrogens with one attached hydrogen (secondary N) is 3. The van der Waals surface area contributed by atoms with Crippen molar-refractivity contribution in [3.63, 3.8) is 0 Å². The third-order valence-electron chi connectivity index (χ3n) is 4.86. The molecule has 1 aliphatic carbocycles. The van der Waals surface area contributed by atoms with Gasteiger partial charge in [0.2, 0.25) is 11.8 Å². The van der Waals surface area contributed by atoms with Gasteiger partial charge >= 0.3 is 0 Å². The minimum Gasteiger partial charge on any atom is -0.359 e. The van der Waals surface area contributed by atoms with E-state index in [2.05, 4.69) is 47.1 Å². The van der Waals surface area contributed by atoms with Crippen molar-refractivity contribution in [2.24, 2.45) is 0 Å². The minimum atomic E-state index is -0.0149. The van der Waals surface area contributed by atoms with Crippen molar-refractivity contribution in [2.45, 2.75) is 57.4 Å². The summed E-state index contributed by atoms with van der Waals surface area (Å²) in [5, 5.41) is 9.16. The van der Waals surface area contributed by atoms with Crippen LogP contribution in [0.25, 0.3) is 0 Å². The van der Waals surface area contributed by atoms with E-state index in [1.54, 1.807) is 7.05 Å². The molecule has 1 fully saturated rings. The van der Waals surface area contributed by atoms with Crippen LogP contribution in [0.1, 0.15) is 56.6 Å². The number of carbonyl (C=O) groups excluding carboxylic acids is 2. The standard InChI is InChI=1S/C20H31N3O2/c1-3-16-7-4-8-17(15-16)20(11-12-20)23-14-6-13-22-19(25)10-5-9-18(24)21-2/h4,7-8,15,23H,3,5-6,9-14H2,1-2H3,(H,21,24)(H,22,25). The molecule has 5 heteroatoms. The van der Waals surface area contributed by atoms with Crippen LogP contribution in [0.4, 0.5) is 0 Å². The van der Waals surface area contributed by atoms with Crippen molar-refractivity contribution in [2.75, 3.05) is 20.1 Å². The number of carbonyl (C=O) groups is 2. The fraction of sp³-hybridized carbons (Fsp3) is 0.600. The molecule has 0 aromatic heterocycles. The van der Waals surface area contributed by atoms with E-state index in [-0.39, 0.29) is 17.4 Å². The topological polar surface area (TPSA) is 70.2 Å². The molecule has 1 aromatic rings. The zero-order valence-corrected chi connectivity index (χ0v) is 15.5. The number of hydrogen-bond donors (Lipinski definition) is 3. The van der Waals surface area contributed by atoms with Crippen LogP contribution in [-0.4, -0.2) is 32.0 Å². The molecule has 25 heavy (non-hydrogen) atoms. The first-order valence-electron chi connectivity index (χ1n) is 9.41. The van der Waals surface area contributed by atoms with Crippen molar-refractivity contribution in [3.05, 3.63) is 35.4 Å². The summed E-state index contributed by atoms with van der Waals surface area (Å²) in [6.07, 6.45) is 5.77. The first-order chi connectivity index (χ1) is 12.1. The van der Waals surface area contributed by atoms with E-state index in [9.17, 15) is 9.59 Å². The van der Waals surface area contributed by atoms with Crippen molar-refractivity contribution in [1.29, 1.82) is 0 Å². The zero-order chi connectivity index (χ0) is 18.1. The molecule has 0 saturated heterocycles. The van der Waals surface area contributed by atoms with Gasteiger partial charge in [-0.15, -0.1) is 0 Å². The van der Waals surface area contributed by atoms with Gasteiger partial charge in [-0.2, -0.15) is 0 Å². The Morgan fingerprint density at radius 1 is 1.08 bits per heavy atom. The van der Waals surface area contributed by atoms with Crippen LogP contribution in [0.3, 0.4) is 0 Å². The average Bonchev–Trinajstić information content (AvgIpc) is 3.42. The van der Waals surface area contributed by atoms with Gasteiger partial charge in [0.1, 0.15) is 0 Å². The van der Waals surface area contributed by atoms with Gasteiger partial charge < -0.3 is 16.0 Å². The van der Waals surface area contributed by atoms with Gasteiger partial charge in [-0.05, 0) is 49.8 Å². The second kappa shape index (κ2) is 9.56. The summed E-state index contributed by atoms with van der Waals surface area (Å²) >= 11 is 0. The molecule has 1 saturated carbocycles. The second-order valence-corrected chi connectivity index (χ2v) is 6.79. The van der Waals surface area contributed by atoms with E-state index in [1.165, 1.54) is 24.0 Å². The highest BCUT2D eigenvalue weighted by molar-refractivity contribution is 5.78. The fourth-order valence-corrected chi connectivity index (χ4v) is 3.05. The SMILES string of the molecule is CCc1cccc(C2(NCCCNC(=O)CCCC(=O)NC)CC2)c1. The van der Waals surface area contributed by atoms with Gasteiger partial charge in [-0.3, -0.25) is 9.59 Å². The smallest absolute Gasteiger partial charge is 0.220 e. The average molecular weight is 345 g/mol.